The molecule has 0 radical (unpaired) electrons. The molecule has 0 N–H and O–H groups in total. The van der Waals surface area contributed by atoms with Crippen molar-refractivity contribution in [3.63, 3.8) is 0 Å². The van der Waals surface area contributed by atoms with Crippen LogP contribution in [-0.2, 0) is 34.1 Å². The van der Waals surface area contributed by atoms with Gasteiger partial charge in [0.25, 0.3) is 0 Å². The minimum Gasteiger partial charge on any atom is -1.00 e. The minimum absolute atomic E-state index is 0. The Morgan fingerprint density at radius 3 is 1.57 bits per heavy atom. The van der Waals surface area contributed by atoms with Crippen molar-refractivity contribution in [2.45, 2.75) is 36.7 Å². The molecule has 3 heteroatoms. The van der Waals surface area contributed by atoms with Crippen molar-refractivity contribution >= 4 is 8.78 Å². The van der Waals surface area contributed by atoms with Gasteiger partial charge in [0.05, 0.1) is 0 Å². The molecule has 2 aliphatic carbocycles. The molecular weight excluding hydrogens is 655 g/mol. The number of rotatable bonds is 7. The molecule has 0 spiro atoms. The van der Waals surface area contributed by atoms with E-state index in [-0.39, 0.29) is 24.8 Å². The Bertz CT molecular complexity index is 1760. The summed E-state index contributed by atoms with van der Waals surface area (Å²) in [6, 6.07) is 48.4. The molecule has 0 unspecified atom stereocenters. The second-order valence-corrected chi connectivity index (χ2v) is 17.5. The van der Waals surface area contributed by atoms with E-state index in [1.54, 1.807) is 17.6 Å². The summed E-state index contributed by atoms with van der Waals surface area (Å²) in [6.07, 6.45) is 8.00. The Balaban J connectivity index is 0.00000192. The second-order valence-electron chi connectivity index (χ2n) is 11.4. The number of hydrogen-bond donors (Lipinski definition) is 0. The third-order valence-electron chi connectivity index (χ3n) is 8.99. The summed E-state index contributed by atoms with van der Waals surface area (Å²) in [5, 5.41) is 0. The summed E-state index contributed by atoms with van der Waals surface area (Å²) in [7, 11) is 0. The Morgan fingerprint density at radius 2 is 1.09 bits per heavy atom. The molecule has 5 aromatic carbocycles. The van der Waals surface area contributed by atoms with Crippen LogP contribution >= 0.6 is 0 Å². The number of benzene rings is 5. The van der Waals surface area contributed by atoms with E-state index < -0.39 is 21.3 Å². The summed E-state index contributed by atoms with van der Waals surface area (Å²) in [5.41, 5.74) is 14.5. The van der Waals surface area contributed by atoms with Gasteiger partial charge < -0.3 is 24.8 Å². The Labute approximate surface area is 282 Å². The maximum absolute atomic E-state index is 2.81. The van der Waals surface area contributed by atoms with Crippen LogP contribution in [0.2, 0.25) is 0 Å². The van der Waals surface area contributed by atoms with Gasteiger partial charge in [-0.25, -0.2) is 0 Å². The third kappa shape index (κ3) is 5.96. The van der Waals surface area contributed by atoms with Gasteiger partial charge >= 0.3 is 260 Å². The normalized spacial score (nSPS) is 12.9. The van der Waals surface area contributed by atoms with E-state index in [0.717, 1.165) is 19.3 Å². The summed E-state index contributed by atoms with van der Waals surface area (Å²) in [5.74, 6) is 0. The molecule has 0 aromatic heterocycles. The van der Waals surface area contributed by atoms with Gasteiger partial charge in [-0.15, -0.1) is 0 Å². The van der Waals surface area contributed by atoms with Gasteiger partial charge in [0.15, 0.2) is 0 Å². The SMILES string of the molecule is CCc1ccc2c(c1)[CH]([Zr+2]([C]1=C(c3ccccc3)C=CC1)=[C](c1ccccc1)c1ccccc1)c1cc(CC)ccc1-2.[Cl-].[Cl-]. The molecule has 0 heterocycles. The van der Waals surface area contributed by atoms with Gasteiger partial charge in [-0.3, -0.25) is 0 Å². The first kappa shape index (κ1) is 32.3. The van der Waals surface area contributed by atoms with E-state index in [9.17, 15) is 0 Å². The molecule has 218 valence electrons. The predicted molar refractivity (Wildman–Crippen MR) is 176 cm³/mol. The number of fused-ring (bicyclic) bond motifs is 3. The van der Waals surface area contributed by atoms with Crippen molar-refractivity contribution < 1.29 is 46.1 Å². The summed E-state index contributed by atoms with van der Waals surface area (Å²) < 4.78 is 3.73. The molecule has 0 aliphatic heterocycles. The average Bonchev–Trinajstić information content (AvgIpc) is 3.67. The largest absolute Gasteiger partial charge is 1.00 e. The van der Waals surface area contributed by atoms with Gasteiger partial charge in [0.1, 0.15) is 0 Å². The van der Waals surface area contributed by atoms with Crippen LogP contribution in [0.15, 0.2) is 143 Å². The maximum Gasteiger partial charge on any atom is -1.00 e. The van der Waals surface area contributed by atoms with Crippen LogP contribution in [0.4, 0.5) is 0 Å². The molecule has 0 amide bonds. The smallest absolute Gasteiger partial charge is 1.00 e. The molecule has 0 fully saturated rings. The molecule has 0 bridgehead atoms. The van der Waals surface area contributed by atoms with E-state index in [0.29, 0.717) is 3.63 Å². The van der Waals surface area contributed by atoms with Crippen molar-refractivity contribution in [2.75, 3.05) is 0 Å². The first-order valence-electron chi connectivity index (χ1n) is 15.3. The Kier molecular flexibility index (Phi) is 10.5. The monoisotopic (exact) mass is 688 g/mol. The molecule has 0 saturated carbocycles. The van der Waals surface area contributed by atoms with Gasteiger partial charge in [-0.1, -0.05) is 0 Å². The van der Waals surface area contributed by atoms with Crippen molar-refractivity contribution in [2.24, 2.45) is 0 Å². The number of allylic oxidation sites excluding steroid dienone is 4. The Hall–Kier alpha value is -3.09. The van der Waals surface area contributed by atoms with Gasteiger partial charge in [-0.05, 0) is 0 Å². The molecular formula is C41H36Cl2Zr. The van der Waals surface area contributed by atoms with Crippen LogP contribution in [0.5, 0.6) is 0 Å². The molecule has 0 saturated heterocycles. The Morgan fingerprint density at radius 1 is 0.614 bits per heavy atom. The van der Waals surface area contributed by atoms with E-state index in [4.69, 9.17) is 0 Å². The molecule has 44 heavy (non-hydrogen) atoms. The fourth-order valence-corrected chi connectivity index (χ4v) is 16.4. The average molecular weight is 691 g/mol. The zero-order valence-electron chi connectivity index (χ0n) is 25.2. The summed E-state index contributed by atoms with van der Waals surface area (Å²) in [6.45, 7) is 4.58. The standard InChI is InChI=1S/C17H17.C13H10.C11H9.2ClH.Zr/c1-3-12-5-7-16-14(9-12)11-15-10-13(4-2)6-8-17(15)16;1-3-7-12(8-4-1)11-13-9-5-2-6-10-13;1-2-6-10(7-3-1)11-8-4-5-9-11;;;/h5-11H,3-4H2,1-2H3;1-10H;1-4,6-8H,5H2;2*1H;/q;;;;;+2/p-2. The molecule has 0 nitrogen and oxygen atoms in total. The minimum atomic E-state index is -2.81. The van der Waals surface area contributed by atoms with Crippen molar-refractivity contribution in [1.82, 2.24) is 0 Å². The van der Waals surface area contributed by atoms with E-state index in [1.807, 2.05) is 0 Å². The van der Waals surface area contributed by atoms with Crippen LogP contribution in [0.25, 0.3) is 16.7 Å². The number of halogens is 2. The van der Waals surface area contributed by atoms with Crippen LogP contribution in [0, 0.1) is 0 Å². The summed E-state index contributed by atoms with van der Waals surface area (Å²) in [4.78, 5) is 0. The van der Waals surface area contributed by atoms with Crippen LogP contribution in [-0.4, -0.2) is 3.21 Å². The predicted octanol–water partition coefficient (Wildman–Crippen LogP) is 4.15. The topological polar surface area (TPSA) is 0 Å². The van der Waals surface area contributed by atoms with Gasteiger partial charge in [-0.2, -0.15) is 0 Å². The molecule has 2 aliphatic rings. The van der Waals surface area contributed by atoms with E-state index in [2.05, 4.69) is 153 Å². The zero-order valence-corrected chi connectivity index (χ0v) is 29.2. The summed E-state index contributed by atoms with van der Waals surface area (Å²) >= 11 is -2.81. The maximum atomic E-state index is 2.56. The fourth-order valence-electron chi connectivity index (χ4n) is 6.92. The van der Waals surface area contributed by atoms with Crippen LogP contribution in [0.1, 0.15) is 62.8 Å². The molecule has 5 aromatic rings. The van der Waals surface area contributed by atoms with Crippen LogP contribution < -0.4 is 24.8 Å². The van der Waals surface area contributed by atoms with E-state index >= 15 is 0 Å². The first-order valence-corrected chi connectivity index (χ1v) is 19.2. The van der Waals surface area contributed by atoms with Crippen LogP contribution in [0.3, 0.4) is 0 Å². The fraction of sp³-hybridized carbons (Fsp3) is 0.146. The quantitative estimate of drug-likeness (QED) is 0.241. The molecule has 7 rings (SSSR count). The van der Waals surface area contributed by atoms with Crippen molar-refractivity contribution in [3.8, 4) is 11.1 Å². The number of hydrogen-bond acceptors (Lipinski definition) is 0. The second kappa shape index (κ2) is 14.3. The van der Waals surface area contributed by atoms with Crippen molar-refractivity contribution in [1.29, 1.82) is 0 Å². The van der Waals surface area contributed by atoms with Gasteiger partial charge in [0, 0.05) is 0 Å². The third-order valence-corrected chi connectivity index (χ3v) is 17.4. The zero-order chi connectivity index (χ0) is 28.5. The number of aryl methyl sites for hydroxylation is 2. The first-order chi connectivity index (χ1) is 20.8. The molecule has 0 atom stereocenters. The van der Waals surface area contributed by atoms with E-state index in [1.165, 1.54) is 44.5 Å². The van der Waals surface area contributed by atoms with Crippen molar-refractivity contribution in [3.05, 3.63) is 182 Å². The van der Waals surface area contributed by atoms with Gasteiger partial charge in [0.2, 0.25) is 0 Å².